The summed E-state index contributed by atoms with van der Waals surface area (Å²) in [5.74, 6) is 0.826. The van der Waals surface area contributed by atoms with Gasteiger partial charge in [-0.25, -0.2) is 0 Å². The molecule has 4 heteroatoms. The van der Waals surface area contributed by atoms with Gasteiger partial charge in [-0.05, 0) is 18.2 Å². The third kappa shape index (κ3) is 2.63. The van der Waals surface area contributed by atoms with E-state index >= 15 is 0 Å². The molecule has 0 aliphatic rings. The van der Waals surface area contributed by atoms with Crippen LogP contribution in [0.1, 0.15) is 5.56 Å². The fraction of sp³-hybridized carbons (Fsp3) is 0.0769. The Morgan fingerprint density at radius 2 is 1.65 bits per heavy atom. The molecule has 3 nitrogen and oxygen atoms in total. The third-order valence-electron chi connectivity index (χ3n) is 2.27. The molecule has 0 atom stereocenters. The molecule has 0 aliphatic heterocycles. The Hall–Kier alpha value is -1.87. The van der Waals surface area contributed by atoms with Crippen molar-refractivity contribution < 1.29 is 14.9 Å². The summed E-state index contributed by atoms with van der Waals surface area (Å²) < 4.78 is 5.58. The predicted octanol–water partition coefficient (Wildman–Crippen LogP) is 3.63. The van der Waals surface area contributed by atoms with Crippen LogP contribution in [0.3, 0.4) is 0 Å². The Balaban J connectivity index is 2.35. The predicted molar refractivity (Wildman–Crippen MR) is 65.8 cm³/mol. The zero-order valence-electron chi connectivity index (χ0n) is 8.93. The van der Waals surface area contributed by atoms with Crippen LogP contribution in [0.2, 0.25) is 0 Å². The average Bonchev–Trinajstić information content (AvgIpc) is 2.35. The van der Waals surface area contributed by atoms with Crippen molar-refractivity contribution >= 4 is 11.6 Å². The number of halogens is 1. The van der Waals surface area contributed by atoms with Gasteiger partial charge in [0.15, 0.2) is 11.5 Å². The van der Waals surface area contributed by atoms with Crippen LogP contribution in [-0.2, 0) is 5.88 Å². The summed E-state index contributed by atoms with van der Waals surface area (Å²) in [6.45, 7) is 0. The highest BCUT2D eigenvalue weighted by Crippen LogP contribution is 2.36. The molecule has 2 N–H and O–H groups in total. The number of para-hydroxylation sites is 1. The SMILES string of the molecule is Oc1cc(CCl)c(Oc2ccccc2)cc1O. The summed E-state index contributed by atoms with van der Waals surface area (Å²) >= 11 is 5.75. The van der Waals surface area contributed by atoms with E-state index in [2.05, 4.69) is 0 Å². The first-order valence-corrected chi connectivity index (χ1v) is 5.58. The van der Waals surface area contributed by atoms with Crippen LogP contribution in [0.25, 0.3) is 0 Å². The minimum atomic E-state index is -0.232. The van der Waals surface area contributed by atoms with Gasteiger partial charge in [-0.3, -0.25) is 0 Å². The molecule has 0 saturated heterocycles. The van der Waals surface area contributed by atoms with E-state index in [1.807, 2.05) is 18.2 Å². The monoisotopic (exact) mass is 250 g/mol. The normalized spacial score (nSPS) is 10.2. The molecule has 0 bridgehead atoms. The third-order valence-corrected chi connectivity index (χ3v) is 2.56. The van der Waals surface area contributed by atoms with Gasteiger partial charge >= 0.3 is 0 Å². The van der Waals surface area contributed by atoms with Crippen LogP contribution in [0.15, 0.2) is 42.5 Å². The number of rotatable bonds is 3. The molecule has 0 fully saturated rings. The minimum absolute atomic E-state index is 0.190. The second kappa shape index (κ2) is 4.97. The number of phenols is 2. The lowest BCUT2D eigenvalue weighted by Gasteiger charge is -2.10. The Labute approximate surface area is 104 Å². The van der Waals surface area contributed by atoms with Crippen molar-refractivity contribution in [2.45, 2.75) is 5.88 Å². The molecule has 0 saturated carbocycles. The Kier molecular flexibility index (Phi) is 3.40. The fourth-order valence-corrected chi connectivity index (χ4v) is 1.62. The topological polar surface area (TPSA) is 49.7 Å². The standard InChI is InChI=1S/C13H11ClO3/c14-8-9-6-11(15)12(16)7-13(9)17-10-4-2-1-3-5-10/h1-7,15-16H,8H2. The lowest BCUT2D eigenvalue weighted by atomic mass is 10.2. The molecule has 17 heavy (non-hydrogen) atoms. The number of phenolic OH excluding ortho intramolecular Hbond substituents is 2. The summed E-state index contributed by atoms with van der Waals surface area (Å²) in [6.07, 6.45) is 0. The second-order valence-corrected chi connectivity index (χ2v) is 3.76. The van der Waals surface area contributed by atoms with Crippen molar-refractivity contribution in [1.29, 1.82) is 0 Å². The van der Waals surface area contributed by atoms with E-state index in [4.69, 9.17) is 16.3 Å². The van der Waals surface area contributed by atoms with Gasteiger partial charge in [0.25, 0.3) is 0 Å². The molecule has 2 aromatic rings. The van der Waals surface area contributed by atoms with Gasteiger partial charge in [0.05, 0.1) is 5.88 Å². The van der Waals surface area contributed by atoms with Crippen molar-refractivity contribution in [1.82, 2.24) is 0 Å². The molecule has 0 aliphatic carbocycles. The van der Waals surface area contributed by atoms with Crippen molar-refractivity contribution in [3.8, 4) is 23.0 Å². The van der Waals surface area contributed by atoms with Crippen LogP contribution in [0.4, 0.5) is 0 Å². The molecule has 0 radical (unpaired) electrons. The van der Waals surface area contributed by atoms with E-state index < -0.39 is 0 Å². The van der Waals surface area contributed by atoms with Gasteiger partial charge in [0.1, 0.15) is 11.5 Å². The highest BCUT2D eigenvalue weighted by molar-refractivity contribution is 6.17. The smallest absolute Gasteiger partial charge is 0.161 e. The number of benzene rings is 2. The molecule has 2 rings (SSSR count). The maximum Gasteiger partial charge on any atom is 0.161 e. The van der Waals surface area contributed by atoms with E-state index in [0.717, 1.165) is 0 Å². The zero-order chi connectivity index (χ0) is 12.3. The summed E-state index contributed by atoms with van der Waals surface area (Å²) in [4.78, 5) is 0. The summed E-state index contributed by atoms with van der Waals surface area (Å²) in [7, 11) is 0. The van der Waals surface area contributed by atoms with E-state index in [1.54, 1.807) is 12.1 Å². The highest BCUT2D eigenvalue weighted by Gasteiger charge is 2.09. The maximum absolute atomic E-state index is 9.42. The maximum atomic E-state index is 9.42. The molecular formula is C13H11ClO3. The summed E-state index contributed by atoms with van der Waals surface area (Å²) in [6, 6.07) is 11.9. The number of ether oxygens (including phenoxy) is 1. The van der Waals surface area contributed by atoms with E-state index in [1.165, 1.54) is 12.1 Å². The van der Waals surface area contributed by atoms with Crippen LogP contribution < -0.4 is 4.74 Å². The van der Waals surface area contributed by atoms with Crippen molar-refractivity contribution in [2.75, 3.05) is 0 Å². The Morgan fingerprint density at radius 1 is 1.00 bits per heavy atom. The lowest BCUT2D eigenvalue weighted by Crippen LogP contribution is -1.89. The van der Waals surface area contributed by atoms with Crippen molar-refractivity contribution in [2.24, 2.45) is 0 Å². The quantitative estimate of drug-likeness (QED) is 0.646. The van der Waals surface area contributed by atoms with Gasteiger partial charge in [-0.1, -0.05) is 18.2 Å². The molecule has 0 spiro atoms. The fourth-order valence-electron chi connectivity index (χ4n) is 1.42. The summed E-state index contributed by atoms with van der Waals surface area (Å²) in [5, 5.41) is 18.8. The number of hydrogen-bond acceptors (Lipinski definition) is 3. The van der Waals surface area contributed by atoms with Gasteiger partial charge in [0.2, 0.25) is 0 Å². The van der Waals surface area contributed by atoms with Crippen LogP contribution in [0.5, 0.6) is 23.0 Å². The number of aromatic hydroxyl groups is 2. The first kappa shape index (κ1) is 11.6. The summed E-state index contributed by atoms with van der Waals surface area (Å²) in [5.41, 5.74) is 0.616. The van der Waals surface area contributed by atoms with E-state index in [9.17, 15) is 10.2 Å². The Morgan fingerprint density at radius 3 is 2.29 bits per heavy atom. The van der Waals surface area contributed by atoms with Gasteiger partial charge in [-0.15, -0.1) is 11.6 Å². The molecule has 0 unspecified atom stereocenters. The molecule has 0 amide bonds. The van der Waals surface area contributed by atoms with Gasteiger partial charge in [0, 0.05) is 11.6 Å². The second-order valence-electron chi connectivity index (χ2n) is 3.50. The van der Waals surface area contributed by atoms with Crippen LogP contribution in [-0.4, -0.2) is 10.2 Å². The largest absolute Gasteiger partial charge is 0.504 e. The molecular weight excluding hydrogens is 240 g/mol. The van der Waals surface area contributed by atoms with Gasteiger partial charge in [-0.2, -0.15) is 0 Å². The average molecular weight is 251 g/mol. The van der Waals surface area contributed by atoms with E-state index in [-0.39, 0.29) is 17.4 Å². The minimum Gasteiger partial charge on any atom is -0.504 e. The van der Waals surface area contributed by atoms with Gasteiger partial charge < -0.3 is 14.9 Å². The molecule has 0 aromatic heterocycles. The molecule has 88 valence electrons. The highest BCUT2D eigenvalue weighted by atomic mass is 35.5. The Bertz CT molecular complexity index is 512. The van der Waals surface area contributed by atoms with E-state index in [0.29, 0.717) is 17.1 Å². The van der Waals surface area contributed by atoms with Crippen LogP contribution in [0, 0.1) is 0 Å². The molecule has 2 aromatic carbocycles. The van der Waals surface area contributed by atoms with Crippen molar-refractivity contribution in [3.63, 3.8) is 0 Å². The lowest BCUT2D eigenvalue weighted by molar-refractivity contribution is 0.396. The molecule has 0 heterocycles. The number of alkyl halides is 1. The number of hydrogen-bond donors (Lipinski definition) is 2. The zero-order valence-corrected chi connectivity index (χ0v) is 9.69. The van der Waals surface area contributed by atoms with Crippen molar-refractivity contribution in [3.05, 3.63) is 48.0 Å². The first-order chi connectivity index (χ1) is 8.20. The van der Waals surface area contributed by atoms with Crippen LogP contribution >= 0.6 is 11.6 Å². The first-order valence-electron chi connectivity index (χ1n) is 5.04.